The molecule has 1 atom stereocenters. The molecule has 0 aliphatic carbocycles. The number of carbonyl (C=O) groups is 2. The topological polar surface area (TPSA) is 79.8 Å². The van der Waals surface area contributed by atoms with Crippen LogP contribution in [0.5, 0.6) is 0 Å². The maximum Gasteiger partial charge on any atom is 0.290 e. The van der Waals surface area contributed by atoms with Gasteiger partial charge in [-0.15, -0.1) is 0 Å². The quantitative estimate of drug-likeness (QED) is 0.893. The van der Waals surface area contributed by atoms with E-state index in [0.717, 1.165) is 24.0 Å². The molecular weight excluding hydrogens is 330 g/mol. The number of piperidine rings is 1. The van der Waals surface area contributed by atoms with Crippen molar-refractivity contribution in [3.8, 4) is 0 Å². The van der Waals surface area contributed by atoms with Crippen LogP contribution in [0.1, 0.15) is 34.5 Å². The van der Waals surface area contributed by atoms with Crippen LogP contribution in [0.15, 0.2) is 47.1 Å². The predicted octanol–water partition coefficient (Wildman–Crippen LogP) is 1.80. The zero-order valence-electron chi connectivity index (χ0n) is 14.6. The molecule has 0 radical (unpaired) electrons. The van der Waals surface area contributed by atoms with Gasteiger partial charge in [-0.2, -0.15) is 0 Å². The van der Waals surface area contributed by atoms with Crippen molar-refractivity contribution in [1.82, 2.24) is 9.80 Å². The van der Waals surface area contributed by atoms with Crippen molar-refractivity contribution in [3.63, 3.8) is 0 Å². The summed E-state index contributed by atoms with van der Waals surface area (Å²) in [5.41, 5.74) is 8.17. The van der Waals surface area contributed by atoms with Crippen LogP contribution in [0.3, 0.4) is 0 Å². The molecule has 1 unspecified atom stereocenters. The van der Waals surface area contributed by atoms with Crippen LogP contribution in [-0.2, 0) is 17.8 Å². The first-order valence-corrected chi connectivity index (χ1v) is 9.09. The van der Waals surface area contributed by atoms with Gasteiger partial charge in [-0.05, 0) is 36.1 Å². The molecule has 1 fully saturated rings. The number of nitrogens with two attached hydrogens (primary N) is 1. The third-order valence-electron chi connectivity index (χ3n) is 5.38. The lowest BCUT2D eigenvalue weighted by atomic mass is 9.92. The predicted molar refractivity (Wildman–Crippen MR) is 96.3 cm³/mol. The molecule has 26 heavy (non-hydrogen) atoms. The van der Waals surface area contributed by atoms with Gasteiger partial charge in [0.2, 0.25) is 5.91 Å². The molecule has 2 aliphatic rings. The first-order valence-electron chi connectivity index (χ1n) is 9.09. The van der Waals surface area contributed by atoms with Gasteiger partial charge in [0, 0.05) is 32.1 Å². The normalized spacial score (nSPS) is 20.7. The van der Waals surface area contributed by atoms with Gasteiger partial charge in [0.05, 0.1) is 6.26 Å². The lowest BCUT2D eigenvalue weighted by Gasteiger charge is -2.40. The van der Waals surface area contributed by atoms with Crippen molar-refractivity contribution in [1.29, 1.82) is 0 Å². The molecule has 1 saturated heterocycles. The fourth-order valence-electron chi connectivity index (χ4n) is 3.83. The molecular formula is C20H23N3O3. The molecule has 0 bridgehead atoms. The molecule has 2 aromatic rings. The van der Waals surface area contributed by atoms with Crippen LogP contribution in [-0.4, -0.2) is 46.8 Å². The van der Waals surface area contributed by atoms with E-state index < -0.39 is 6.04 Å². The third-order valence-corrected chi connectivity index (χ3v) is 5.38. The number of hydrogen-bond donors (Lipinski definition) is 1. The number of hydrogen-bond acceptors (Lipinski definition) is 4. The Morgan fingerprint density at radius 3 is 2.46 bits per heavy atom. The summed E-state index contributed by atoms with van der Waals surface area (Å²) in [5, 5.41) is 0. The number of nitrogens with zero attached hydrogens (tertiary/aromatic N) is 2. The summed E-state index contributed by atoms with van der Waals surface area (Å²) < 4.78 is 5.29. The van der Waals surface area contributed by atoms with Crippen molar-refractivity contribution >= 4 is 11.8 Å². The van der Waals surface area contributed by atoms with E-state index in [1.807, 2.05) is 29.2 Å². The molecule has 2 N–H and O–H groups in total. The minimum atomic E-state index is -0.503. The summed E-state index contributed by atoms with van der Waals surface area (Å²) in [6, 6.07) is 11.0. The van der Waals surface area contributed by atoms with Gasteiger partial charge in [0.15, 0.2) is 5.76 Å². The maximum absolute atomic E-state index is 13.2. The molecule has 0 saturated carbocycles. The Balaban J connectivity index is 1.63. The number of furan rings is 1. The van der Waals surface area contributed by atoms with E-state index in [1.54, 1.807) is 17.0 Å². The van der Waals surface area contributed by atoms with Gasteiger partial charge in [0.25, 0.3) is 5.91 Å². The highest BCUT2D eigenvalue weighted by Crippen LogP contribution is 2.27. The highest BCUT2D eigenvalue weighted by Gasteiger charge is 2.38. The van der Waals surface area contributed by atoms with Crippen LogP contribution in [0, 0.1) is 0 Å². The SMILES string of the molecule is NC1CCN(C(=O)C2Cc3ccccc3CN2C(=O)c2ccco2)CC1. The smallest absolute Gasteiger partial charge is 0.290 e. The summed E-state index contributed by atoms with van der Waals surface area (Å²) >= 11 is 0. The monoisotopic (exact) mass is 353 g/mol. The molecule has 1 aromatic carbocycles. The molecule has 6 heteroatoms. The van der Waals surface area contributed by atoms with Gasteiger partial charge in [-0.1, -0.05) is 24.3 Å². The lowest BCUT2D eigenvalue weighted by molar-refractivity contribution is -0.137. The Morgan fingerprint density at radius 2 is 1.77 bits per heavy atom. The molecule has 1 aromatic heterocycles. The van der Waals surface area contributed by atoms with Crippen LogP contribution in [0.25, 0.3) is 0 Å². The Hall–Kier alpha value is -2.60. The van der Waals surface area contributed by atoms with Gasteiger partial charge in [-0.25, -0.2) is 0 Å². The lowest BCUT2D eigenvalue weighted by Crippen LogP contribution is -2.55. The summed E-state index contributed by atoms with van der Waals surface area (Å²) in [7, 11) is 0. The minimum Gasteiger partial charge on any atom is -0.459 e. The molecule has 0 spiro atoms. The molecule has 6 nitrogen and oxygen atoms in total. The summed E-state index contributed by atoms with van der Waals surface area (Å²) in [4.78, 5) is 29.7. The van der Waals surface area contributed by atoms with Crippen molar-refractivity contribution in [2.24, 2.45) is 5.73 Å². The summed E-state index contributed by atoms with van der Waals surface area (Å²) in [6.45, 7) is 1.72. The van der Waals surface area contributed by atoms with E-state index in [2.05, 4.69) is 0 Å². The zero-order valence-corrected chi connectivity index (χ0v) is 14.6. The maximum atomic E-state index is 13.2. The fraction of sp³-hybridized carbons (Fsp3) is 0.400. The second-order valence-corrected chi connectivity index (χ2v) is 7.06. The highest BCUT2D eigenvalue weighted by molar-refractivity contribution is 5.96. The molecule has 2 amide bonds. The number of fused-ring (bicyclic) bond motifs is 1. The number of rotatable bonds is 2. The fourth-order valence-corrected chi connectivity index (χ4v) is 3.83. The third kappa shape index (κ3) is 3.12. The second-order valence-electron chi connectivity index (χ2n) is 7.06. The zero-order chi connectivity index (χ0) is 18.1. The number of benzene rings is 1. The summed E-state index contributed by atoms with van der Waals surface area (Å²) in [6.07, 6.45) is 3.63. The van der Waals surface area contributed by atoms with Gasteiger partial charge < -0.3 is 20.0 Å². The van der Waals surface area contributed by atoms with Gasteiger partial charge >= 0.3 is 0 Å². The first kappa shape index (κ1) is 16.8. The Labute approximate surface area is 152 Å². The van der Waals surface area contributed by atoms with Crippen molar-refractivity contribution in [2.75, 3.05) is 13.1 Å². The number of carbonyl (C=O) groups excluding carboxylic acids is 2. The van der Waals surface area contributed by atoms with E-state index in [9.17, 15) is 9.59 Å². The number of amides is 2. The Morgan fingerprint density at radius 1 is 1.04 bits per heavy atom. The van der Waals surface area contributed by atoms with Crippen LogP contribution in [0.4, 0.5) is 0 Å². The molecule has 3 heterocycles. The summed E-state index contributed by atoms with van der Waals surface area (Å²) in [5.74, 6) is 0.0331. The van der Waals surface area contributed by atoms with E-state index in [4.69, 9.17) is 10.2 Å². The van der Waals surface area contributed by atoms with E-state index in [-0.39, 0.29) is 23.6 Å². The van der Waals surface area contributed by atoms with Crippen LogP contribution >= 0.6 is 0 Å². The first-order chi connectivity index (χ1) is 12.6. The van der Waals surface area contributed by atoms with E-state index in [0.29, 0.717) is 26.1 Å². The van der Waals surface area contributed by atoms with Crippen molar-refractivity contribution in [2.45, 2.75) is 37.9 Å². The average molecular weight is 353 g/mol. The van der Waals surface area contributed by atoms with E-state index in [1.165, 1.54) is 6.26 Å². The minimum absolute atomic E-state index is 0.00584. The molecule has 136 valence electrons. The van der Waals surface area contributed by atoms with Gasteiger partial charge in [-0.3, -0.25) is 9.59 Å². The largest absolute Gasteiger partial charge is 0.459 e. The number of likely N-dealkylation sites (tertiary alicyclic amines) is 1. The second kappa shape index (κ2) is 6.96. The van der Waals surface area contributed by atoms with Crippen LogP contribution < -0.4 is 5.73 Å². The van der Waals surface area contributed by atoms with Crippen molar-refractivity contribution < 1.29 is 14.0 Å². The van der Waals surface area contributed by atoms with Gasteiger partial charge in [0.1, 0.15) is 6.04 Å². The average Bonchev–Trinajstić information content (AvgIpc) is 3.21. The standard InChI is InChI=1S/C20H23N3O3/c21-16-7-9-22(10-8-16)19(24)17-12-14-4-1-2-5-15(14)13-23(17)20(25)18-6-3-11-26-18/h1-6,11,16-17H,7-10,12-13,21H2. The van der Waals surface area contributed by atoms with Crippen molar-refractivity contribution in [3.05, 3.63) is 59.5 Å². The molecule has 4 rings (SSSR count). The van der Waals surface area contributed by atoms with Crippen LogP contribution in [0.2, 0.25) is 0 Å². The van der Waals surface area contributed by atoms with E-state index >= 15 is 0 Å². The molecule has 2 aliphatic heterocycles. The highest BCUT2D eigenvalue weighted by atomic mass is 16.3. The Kier molecular flexibility index (Phi) is 4.51. The Bertz CT molecular complexity index is 794.